The van der Waals surface area contributed by atoms with Gasteiger partial charge in [0.2, 0.25) is 0 Å². The molecule has 2 atom stereocenters. The Labute approximate surface area is 95.3 Å². The van der Waals surface area contributed by atoms with E-state index < -0.39 is 0 Å². The molecule has 1 aromatic carbocycles. The van der Waals surface area contributed by atoms with Crippen molar-refractivity contribution in [1.82, 2.24) is 5.32 Å². The van der Waals surface area contributed by atoms with Crippen LogP contribution < -0.4 is 5.32 Å². The lowest BCUT2D eigenvalue weighted by molar-refractivity contribution is 0.0791. The first-order valence-electron chi connectivity index (χ1n) is 5.39. The summed E-state index contributed by atoms with van der Waals surface area (Å²) in [6.07, 6.45) is 1.57. The summed E-state index contributed by atoms with van der Waals surface area (Å²) in [5.41, 5.74) is 1.20. The highest BCUT2D eigenvalue weighted by atomic mass is 35.5. The Bertz CT molecular complexity index is 329. The summed E-state index contributed by atoms with van der Waals surface area (Å²) in [7, 11) is 0. The molecule has 0 aliphatic carbocycles. The van der Waals surface area contributed by atoms with E-state index in [0.29, 0.717) is 5.92 Å². The Morgan fingerprint density at radius 2 is 2.33 bits per heavy atom. The van der Waals surface area contributed by atoms with Crippen LogP contribution in [0, 0.1) is 5.92 Å². The van der Waals surface area contributed by atoms with Crippen LogP contribution in [0.5, 0.6) is 0 Å². The SMILES string of the molecule is OC1CCNCC1Cc1cccc(Cl)c1. The van der Waals surface area contributed by atoms with Crippen LogP contribution in [0.4, 0.5) is 0 Å². The van der Waals surface area contributed by atoms with E-state index in [1.54, 1.807) is 0 Å². The second-order valence-corrected chi connectivity index (χ2v) is 4.59. The molecule has 1 aliphatic rings. The summed E-state index contributed by atoms with van der Waals surface area (Å²) >= 11 is 5.92. The van der Waals surface area contributed by atoms with Gasteiger partial charge in [-0.25, -0.2) is 0 Å². The van der Waals surface area contributed by atoms with Gasteiger partial charge >= 0.3 is 0 Å². The van der Waals surface area contributed by atoms with E-state index >= 15 is 0 Å². The largest absolute Gasteiger partial charge is 0.393 e. The van der Waals surface area contributed by atoms with E-state index in [0.717, 1.165) is 31.0 Å². The van der Waals surface area contributed by atoms with Crippen molar-refractivity contribution in [2.75, 3.05) is 13.1 Å². The molecule has 1 saturated heterocycles. The lowest BCUT2D eigenvalue weighted by atomic mass is 9.90. The average Bonchev–Trinajstić information content (AvgIpc) is 2.22. The molecule has 0 spiro atoms. The van der Waals surface area contributed by atoms with Crippen molar-refractivity contribution >= 4 is 11.6 Å². The molecule has 0 radical (unpaired) electrons. The lowest BCUT2D eigenvalue weighted by Crippen LogP contribution is -2.40. The number of aliphatic hydroxyl groups is 1. The topological polar surface area (TPSA) is 32.3 Å². The third-order valence-electron chi connectivity index (χ3n) is 2.95. The first-order chi connectivity index (χ1) is 7.25. The van der Waals surface area contributed by atoms with Gasteiger partial charge in [-0.3, -0.25) is 0 Å². The molecule has 82 valence electrons. The third-order valence-corrected chi connectivity index (χ3v) is 3.19. The smallest absolute Gasteiger partial charge is 0.0595 e. The van der Waals surface area contributed by atoms with Crippen molar-refractivity contribution in [3.05, 3.63) is 34.9 Å². The van der Waals surface area contributed by atoms with E-state index in [9.17, 15) is 5.11 Å². The molecular weight excluding hydrogens is 210 g/mol. The van der Waals surface area contributed by atoms with Gasteiger partial charge in [0.25, 0.3) is 0 Å². The number of nitrogens with one attached hydrogen (secondary N) is 1. The van der Waals surface area contributed by atoms with Crippen LogP contribution in [0.25, 0.3) is 0 Å². The lowest BCUT2D eigenvalue weighted by Gasteiger charge is -2.28. The molecule has 15 heavy (non-hydrogen) atoms. The zero-order valence-electron chi connectivity index (χ0n) is 8.62. The number of hydrogen-bond acceptors (Lipinski definition) is 2. The first-order valence-corrected chi connectivity index (χ1v) is 5.77. The monoisotopic (exact) mass is 225 g/mol. The molecule has 0 bridgehead atoms. The predicted octanol–water partition coefficient (Wildman–Crippen LogP) is 1.85. The molecule has 3 heteroatoms. The maximum Gasteiger partial charge on any atom is 0.0595 e. The second kappa shape index (κ2) is 4.97. The van der Waals surface area contributed by atoms with Crippen LogP contribution in [0.15, 0.2) is 24.3 Å². The Hall–Kier alpha value is -0.570. The quantitative estimate of drug-likeness (QED) is 0.805. The van der Waals surface area contributed by atoms with E-state index in [4.69, 9.17) is 11.6 Å². The van der Waals surface area contributed by atoms with E-state index in [2.05, 4.69) is 11.4 Å². The van der Waals surface area contributed by atoms with Gasteiger partial charge in [0.15, 0.2) is 0 Å². The Balaban J connectivity index is 2.01. The Morgan fingerprint density at radius 3 is 3.07 bits per heavy atom. The number of hydrogen-bond donors (Lipinski definition) is 2. The minimum atomic E-state index is -0.176. The molecule has 2 N–H and O–H groups in total. The van der Waals surface area contributed by atoms with Gasteiger partial charge in [-0.05, 0) is 37.1 Å². The molecule has 0 amide bonds. The number of rotatable bonds is 2. The summed E-state index contributed by atoms with van der Waals surface area (Å²) in [4.78, 5) is 0. The molecule has 2 rings (SSSR count). The summed E-state index contributed by atoms with van der Waals surface area (Å²) in [6, 6.07) is 7.87. The van der Waals surface area contributed by atoms with Gasteiger partial charge in [-0.1, -0.05) is 23.7 Å². The van der Waals surface area contributed by atoms with Crippen molar-refractivity contribution in [1.29, 1.82) is 0 Å². The molecule has 1 fully saturated rings. The van der Waals surface area contributed by atoms with Crippen LogP contribution in [0.1, 0.15) is 12.0 Å². The van der Waals surface area contributed by atoms with Crippen molar-refractivity contribution < 1.29 is 5.11 Å². The van der Waals surface area contributed by atoms with Gasteiger partial charge in [-0.15, -0.1) is 0 Å². The molecule has 1 aromatic rings. The first kappa shape index (κ1) is 10.9. The Kier molecular flexibility index (Phi) is 3.62. The fourth-order valence-electron chi connectivity index (χ4n) is 2.08. The molecule has 0 saturated carbocycles. The molecular formula is C12H16ClNO. The van der Waals surface area contributed by atoms with Crippen LogP contribution in [-0.4, -0.2) is 24.3 Å². The molecule has 1 aliphatic heterocycles. The van der Waals surface area contributed by atoms with Gasteiger partial charge in [0.05, 0.1) is 6.10 Å². The molecule has 0 aromatic heterocycles. The highest BCUT2D eigenvalue weighted by molar-refractivity contribution is 6.30. The van der Waals surface area contributed by atoms with Crippen molar-refractivity contribution in [3.63, 3.8) is 0 Å². The normalized spacial score (nSPS) is 26.5. The minimum absolute atomic E-state index is 0.176. The summed E-state index contributed by atoms with van der Waals surface area (Å²) in [5, 5.41) is 13.9. The van der Waals surface area contributed by atoms with Crippen LogP contribution in [0.3, 0.4) is 0 Å². The fourth-order valence-corrected chi connectivity index (χ4v) is 2.30. The van der Waals surface area contributed by atoms with Gasteiger partial charge in [0.1, 0.15) is 0 Å². The fraction of sp³-hybridized carbons (Fsp3) is 0.500. The molecule has 2 nitrogen and oxygen atoms in total. The van der Waals surface area contributed by atoms with Crippen molar-refractivity contribution in [2.24, 2.45) is 5.92 Å². The van der Waals surface area contributed by atoms with Crippen LogP contribution in [0.2, 0.25) is 5.02 Å². The van der Waals surface area contributed by atoms with E-state index in [-0.39, 0.29) is 6.10 Å². The number of piperidine rings is 1. The highest BCUT2D eigenvalue weighted by Gasteiger charge is 2.22. The van der Waals surface area contributed by atoms with Crippen molar-refractivity contribution in [3.8, 4) is 0 Å². The molecule has 1 heterocycles. The standard InChI is InChI=1S/C12H16ClNO/c13-11-3-1-2-9(7-11)6-10-8-14-5-4-12(10)15/h1-3,7,10,12,14-15H,4-6,8H2. The number of aliphatic hydroxyl groups excluding tert-OH is 1. The predicted molar refractivity (Wildman–Crippen MR) is 62.1 cm³/mol. The van der Waals surface area contributed by atoms with Gasteiger partial charge in [0, 0.05) is 17.5 Å². The zero-order valence-corrected chi connectivity index (χ0v) is 9.37. The average molecular weight is 226 g/mol. The summed E-state index contributed by atoms with van der Waals surface area (Å²) in [5.74, 6) is 0.317. The highest BCUT2D eigenvalue weighted by Crippen LogP contribution is 2.19. The number of halogens is 1. The maximum absolute atomic E-state index is 9.83. The van der Waals surface area contributed by atoms with Crippen molar-refractivity contribution in [2.45, 2.75) is 18.9 Å². The summed E-state index contributed by atoms with van der Waals surface area (Å²) in [6.45, 7) is 1.82. The van der Waals surface area contributed by atoms with Gasteiger partial charge < -0.3 is 10.4 Å². The second-order valence-electron chi connectivity index (χ2n) is 4.15. The number of benzene rings is 1. The minimum Gasteiger partial charge on any atom is -0.393 e. The van der Waals surface area contributed by atoms with E-state index in [1.165, 1.54) is 5.56 Å². The van der Waals surface area contributed by atoms with E-state index in [1.807, 2.05) is 18.2 Å². The third kappa shape index (κ3) is 2.94. The van der Waals surface area contributed by atoms with Gasteiger partial charge in [-0.2, -0.15) is 0 Å². The maximum atomic E-state index is 9.83. The Morgan fingerprint density at radius 1 is 1.47 bits per heavy atom. The zero-order chi connectivity index (χ0) is 10.7. The summed E-state index contributed by atoms with van der Waals surface area (Å²) < 4.78 is 0. The van der Waals surface area contributed by atoms with Crippen LogP contribution in [-0.2, 0) is 6.42 Å². The molecule has 2 unspecified atom stereocenters. The van der Waals surface area contributed by atoms with Crippen LogP contribution >= 0.6 is 11.6 Å².